The predicted molar refractivity (Wildman–Crippen MR) is 158 cm³/mol. The minimum atomic E-state index is -1.33. The number of hydrogen-bond acceptors (Lipinski definition) is 8. The number of likely N-dealkylation sites (N-methyl/N-ethyl adjacent to an activating group) is 1. The highest BCUT2D eigenvalue weighted by Gasteiger charge is 2.44. The van der Waals surface area contributed by atoms with Crippen LogP contribution in [-0.4, -0.2) is 83.0 Å². The number of aryl methyl sites for hydroxylation is 1. The summed E-state index contributed by atoms with van der Waals surface area (Å²) in [5.41, 5.74) is 3.06. The molecule has 1 spiro atoms. The van der Waals surface area contributed by atoms with Gasteiger partial charge in [0.25, 0.3) is 0 Å². The Kier molecular flexibility index (Phi) is 6.26. The van der Waals surface area contributed by atoms with E-state index in [2.05, 4.69) is 27.1 Å². The molecule has 2 fully saturated rings. The molecule has 43 heavy (non-hydrogen) atoms. The van der Waals surface area contributed by atoms with Crippen LogP contribution in [0.15, 0.2) is 35.5 Å². The third-order valence-corrected chi connectivity index (χ3v) is 8.95. The van der Waals surface area contributed by atoms with Gasteiger partial charge in [-0.15, -0.1) is 0 Å². The molecule has 0 bridgehead atoms. The van der Waals surface area contributed by atoms with Gasteiger partial charge in [0.05, 0.1) is 29.0 Å². The van der Waals surface area contributed by atoms with Crippen molar-refractivity contribution in [2.75, 3.05) is 57.1 Å². The highest BCUT2D eigenvalue weighted by Crippen LogP contribution is 2.51. The maximum absolute atomic E-state index is 15.7. The Morgan fingerprint density at radius 2 is 1.93 bits per heavy atom. The molecule has 12 heteroatoms. The molecule has 3 aromatic heterocycles. The summed E-state index contributed by atoms with van der Waals surface area (Å²) in [7, 11) is 5.36. The number of ether oxygens (including phenoxy) is 1. The molecule has 1 aromatic carbocycles. The Hall–Kier alpha value is -4.42. The molecule has 7 rings (SSSR count). The fourth-order valence-electron chi connectivity index (χ4n) is 6.96. The van der Waals surface area contributed by atoms with E-state index in [4.69, 9.17) is 9.72 Å². The van der Waals surface area contributed by atoms with E-state index in [1.54, 1.807) is 32.6 Å². The smallest absolute Gasteiger partial charge is 0.341 e. The molecule has 222 valence electrons. The maximum Gasteiger partial charge on any atom is 0.341 e. The van der Waals surface area contributed by atoms with Crippen molar-refractivity contribution >= 4 is 28.4 Å². The van der Waals surface area contributed by atoms with Crippen molar-refractivity contribution in [3.05, 3.63) is 69.4 Å². The fourth-order valence-corrected chi connectivity index (χ4v) is 6.96. The number of aromatic nitrogens is 3. The first-order valence-corrected chi connectivity index (χ1v) is 14.1. The van der Waals surface area contributed by atoms with Gasteiger partial charge in [-0.3, -0.25) is 9.78 Å². The van der Waals surface area contributed by atoms with Crippen LogP contribution in [0, 0.1) is 11.6 Å². The lowest BCUT2D eigenvalue weighted by Gasteiger charge is -2.39. The molecule has 1 atom stereocenters. The number of halogens is 2. The summed E-state index contributed by atoms with van der Waals surface area (Å²) in [6.45, 7) is 3.30. The zero-order valence-electron chi connectivity index (χ0n) is 24.0. The van der Waals surface area contributed by atoms with Crippen molar-refractivity contribution < 1.29 is 23.4 Å². The Labute approximate surface area is 245 Å². The Morgan fingerprint density at radius 3 is 2.67 bits per heavy atom. The predicted octanol–water partition coefficient (Wildman–Crippen LogP) is 3.50. The van der Waals surface area contributed by atoms with E-state index in [0.717, 1.165) is 19.5 Å². The van der Waals surface area contributed by atoms with Crippen LogP contribution in [0.4, 0.5) is 20.2 Å². The molecule has 0 radical (unpaired) electrons. The zero-order valence-corrected chi connectivity index (χ0v) is 24.0. The average molecular weight is 589 g/mol. The monoisotopic (exact) mass is 588 g/mol. The van der Waals surface area contributed by atoms with Gasteiger partial charge in [0, 0.05) is 99.3 Å². The van der Waals surface area contributed by atoms with Gasteiger partial charge < -0.3 is 29.5 Å². The number of hydrogen-bond donors (Lipinski definition) is 2. The quantitative estimate of drug-likeness (QED) is 0.326. The number of fused-ring (bicyclic) bond motifs is 4. The van der Waals surface area contributed by atoms with Crippen LogP contribution in [0.5, 0.6) is 0 Å². The normalized spacial score (nSPS) is 19.7. The van der Waals surface area contributed by atoms with E-state index in [9.17, 15) is 19.1 Å². The van der Waals surface area contributed by atoms with E-state index in [0.29, 0.717) is 71.1 Å². The summed E-state index contributed by atoms with van der Waals surface area (Å²) >= 11 is 0. The van der Waals surface area contributed by atoms with Gasteiger partial charge in [0.2, 0.25) is 5.43 Å². The molecule has 4 aromatic rings. The number of benzene rings is 1. The first-order chi connectivity index (χ1) is 20.6. The van der Waals surface area contributed by atoms with E-state index in [-0.39, 0.29) is 16.5 Å². The third kappa shape index (κ3) is 4.19. The van der Waals surface area contributed by atoms with Crippen molar-refractivity contribution in [3.8, 4) is 22.3 Å². The number of rotatable bonds is 4. The van der Waals surface area contributed by atoms with E-state index in [1.807, 2.05) is 0 Å². The van der Waals surface area contributed by atoms with Crippen LogP contribution < -0.4 is 15.6 Å². The number of anilines is 2. The highest BCUT2D eigenvalue weighted by atomic mass is 19.2. The molecule has 2 aliphatic heterocycles. The van der Waals surface area contributed by atoms with Crippen molar-refractivity contribution in [3.63, 3.8) is 0 Å². The van der Waals surface area contributed by atoms with Crippen LogP contribution in [0.25, 0.3) is 33.3 Å². The molecule has 2 saturated heterocycles. The Morgan fingerprint density at radius 1 is 1.12 bits per heavy atom. The molecule has 2 N–H and O–H groups in total. The average Bonchev–Trinajstić information content (AvgIpc) is 3.57. The zero-order chi connectivity index (χ0) is 30.2. The lowest BCUT2D eigenvalue weighted by Crippen LogP contribution is -2.52. The van der Waals surface area contributed by atoms with E-state index in [1.165, 1.54) is 16.8 Å². The molecular formula is C31H30F2N6O4. The van der Waals surface area contributed by atoms with Crippen molar-refractivity contribution in [1.29, 1.82) is 0 Å². The van der Waals surface area contributed by atoms with Crippen LogP contribution >= 0.6 is 0 Å². The molecule has 0 saturated carbocycles. The second-order valence-electron chi connectivity index (χ2n) is 11.7. The summed E-state index contributed by atoms with van der Waals surface area (Å²) in [6, 6.07) is 2.78. The number of pyridine rings is 3. The van der Waals surface area contributed by atoms with Gasteiger partial charge in [-0.2, -0.15) is 0 Å². The summed E-state index contributed by atoms with van der Waals surface area (Å²) in [5, 5.41) is 12.7. The highest BCUT2D eigenvalue weighted by molar-refractivity contribution is 5.98. The van der Waals surface area contributed by atoms with Crippen molar-refractivity contribution in [2.24, 2.45) is 7.05 Å². The van der Waals surface area contributed by atoms with Crippen LogP contribution in [0.1, 0.15) is 28.0 Å². The van der Waals surface area contributed by atoms with Crippen LogP contribution in [0.2, 0.25) is 0 Å². The van der Waals surface area contributed by atoms with Crippen LogP contribution in [-0.2, 0) is 18.2 Å². The molecule has 0 amide bonds. The first kappa shape index (κ1) is 27.4. The number of carboxylic acid groups (broad SMARTS) is 1. The lowest BCUT2D eigenvalue weighted by atomic mass is 9.96. The molecule has 10 nitrogen and oxygen atoms in total. The van der Waals surface area contributed by atoms with Gasteiger partial charge in [-0.25, -0.2) is 18.6 Å². The molecule has 0 unspecified atom stereocenters. The summed E-state index contributed by atoms with van der Waals surface area (Å²) in [5.74, 6) is -3.23. The molecule has 1 aliphatic carbocycles. The Balaban J connectivity index is 1.48. The largest absolute Gasteiger partial charge is 0.477 e. The molecule has 3 aliphatic rings. The topological polar surface area (TPSA) is 113 Å². The maximum atomic E-state index is 15.7. The minimum absolute atomic E-state index is 0.136. The van der Waals surface area contributed by atoms with E-state index < -0.39 is 28.6 Å². The van der Waals surface area contributed by atoms with Gasteiger partial charge >= 0.3 is 5.97 Å². The van der Waals surface area contributed by atoms with Gasteiger partial charge in [0.1, 0.15) is 11.2 Å². The van der Waals surface area contributed by atoms with Gasteiger partial charge in [-0.1, -0.05) is 0 Å². The second-order valence-corrected chi connectivity index (χ2v) is 11.7. The fraction of sp³-hybridized carbons (Fsp3) is 0.355. The van der Waals surface area contributed by atoms with Gasteiger partial charge in [0.15, 0.2) is 11.6 Å². The van der Waals surface area contributed by atoms with Crippen molar-refractivity contribution in [1.82, 2.24) is 19.4 Å². The number of carboxylic acids is 1. The summed E-state index contributed by atoms with van der Waals surface area (Å²) in [4.78, 5) is 38.6. The van der Waals surface area contributed by atoms with Crippen LogP contribution in [0.3, 0.4) is 0 Å². The van der Waals surface area contributed by atoms with Gasteiger partial charge in [-0.05, 0) is 25.1 Å². The number of aromatic carboxylic acids is 1. The molecule has 5 heterocycles. The standard InChI is InChI=1S/C31H30F2N6O4/c1-34-22-10-21(32)26(33)24-17(22)9-23-25(24)27(39-5-4-31(15-39)14-37(2)6-7-43-31)19(12-35-23)16-8-18-28(40)20(30(41)42)13-38(3)29(18)36-11-16/h8,10-13,34H,4-7,9,14-15H2,1-3H3,(H,41,42)/t31-/m1/s1. The minimum Gasteiger partial charge on any atom is -0.477 e. The third-order valence-electron chi connectivity index (χ3n) is 8.95. The summed E-state index contributed by atoms with van der Waals surface area (Å²) in [6.07, 6.45) is 5.60. The number of carbonyl (C=O) groups is 1. The first-order valence-electron chi connectivity index (χ1n) is 14.1. The number of morpholine rings is 1. The lowest BCUT2D eigenvalue weighted by molar-refractivity contribution is -0.0885. The second kappa shape index (κ2) is 9.81. The van der Waals surface area contributed by atoms with Crippen molar-refractivity contribution in [2.45, 2.75) is 18.4 Å². The van der Waals surface area contributed by atoms with E-state index >= 15 is 4.39 Å². The molecular weight excluding hydrogens is 558 g/mol. The number of nitrogens with one attached hydrogen (secondary N) is 1. The SMILES string of the molecule is CNc1cc(F)c(F)c2c1Cc1ncc(-c3cnc4c(c3)c(=O)c(C(=O)O)cn4C)c(N3CC[C@@]4(CN(C)CCO4)C3)c1-2. The summed E-state index contributed by atoms with van der Waals surface area (Å²) < 4.78 is 38.5. The Bertz CT molecular complexity index is 1910. The number of nitrogens with zero attached hydrogens (tertiary/aromatic N) is 5.